The molecule has 0 unspecified atom stereocenters. The van der Waals surface area contributed by atoms with Crippen LogP contribution < -0.4 is 0 Å². The number of aryl methyl sites for hydroxylation is 1. The molecular formula is C12H20N2. The molecule has 0 spiro atoms. The standard InChI is InChI=1S/C12H20N2/c1-6-10-7-13-12(9(4)5)14-11(10)8(2)3/h7-9H,6H2,1-5H3. The predicted octanol–water partition coefficient (Wildman–Crippen LogP) is 3.29. The fraction of sp³-hybridized carbons (Fsp3) is 0.667. The second kappa shape index (κ2) is 4.54. The lowest BCUT2D eigenvalue weighted by atomic mass is 10.0. The molecule has 0 aromatic carbocycles. The van der Waals surface area contributed by atoms with Crippen LogP contribution in [0, 0.1) is 0 Å². The molecule has 0 bridgehead atoms. The molecule has 0 aliphatic heterocycles. The Balaban J connectivity index is 3.14. The van der Waals surface area contributed by atoms with Crippen molar-refractivity contribution < 1.29 is 0 Å². The van der Waals surface area contributed by atoms with Crippen LogP contribution in [0.1, 0.15) is 63.5 Å². The zero-order valence-electron chi connectivity index (χ0n) is 9.83. The SMILES string of the molecule is CCc1cnc(C(C)C)nc1C(C)C. The normalized spacial score (nSPS) is 11.4. The van der Waals surface area contributed by atoms with E-state index in [1.807, 2.05) is 6.20 Å². The molecule has 0 N–H and O–H groups in total. The molecule has 0 saturated carbocycles. The molecule has 0 aliphatic rings. The van der Waals surface area contributed by atoms with Gasteiger partial charge in [0.15, 0.2) is 0 Å². The highest BCUT2D eigenvalue weighted by atomic mass is 14.9. The molecule has 0 fully saturated rings. The fourth-order valence-corrected chi connectivity index (χ4v) is 1.48. The first-order valence-electron chi connectivity index (χ1n) is 5.42. The van der Waals surface area contributed by atoms with Crippen molar-refractivity contribution in [3.63, 3.8) is 0 Å². The van der Waals surface area contributed by atoms with Crippen LogP contribution >= 0.6 is 0 Å². The smallest absolute Gasteiger partial charge is 0.131 e. The molecule has 1 aromatic rings. The van der Waals surface area contributed by atoms with Crippen LogP contribution in [-0.4, -0.2) is 9.97 Å². The lowest BCUT2D eigenvalue weighted by Crippen LogP contribution is -2.06. The molecule has 0 saturated heterocycles. The van der Waals surface area contributed by atoms with Gasteiger partial charge in [-0.05, 0) is 17.9 Å². The summed E-state index contributed by atoms with van der Waals surface area (Å²) < 4.78 is 0. The van der Waals surface area contributed by atoms with Crippen LogP contribution in [0.3, 0.4) is 0 Å². The second-order valence-corrected chi connectivity index (χ2v) is 4.30. The first-order chi connectivity index (χ1) is 6.56. The van der Waals surface area contributed by atoms with Crippen LogP contribution in [0.15, 0.2) is 6.20 Å². The molecule has 1 aromatic heterocycles. The van der Waals surface area contributed by atoms with Gasteiger partial charge < -0.3 is 0 Å². The first kappa shape index (κ1) is 11.2. The van der Waals surface area contributed by atoms with Gasteiger partial charge in [-0.1, -0.05) is 34.6 Å². The zero-order valence-corrected chi connectivity index (χ0v) is 9.83. The molecule has 78 valence electrons. The van der Waals surface area contributed by atoms with Gasteiger partial charge in [0.25, 0.3) is 0 Å². The Hall–Kier alpha value is -0.920. The average molecular weight is 192 g/mol. The van der Waals surface area contributed by atoms with Gasteiger partial charge in [-0.25, -0.2) is 9.97 Å². The van der Waals surface area contributed by atoms with Crippen molar-refractivity contribution in [2.75, 3.05) is 0 Å². The van der Waals surface area contributed by atoms with Crippen LogP contribution in [0.4, 0.5) is 0 Å². The Morgan fingerprint density at radius 3 is 2.21 bits per heavy atom. The van der Waals surface area contributed by atoms with Crippen molar-refractivity contribution in [2.24, 2.45) is 0 Å². The molecule has 0 atom stereocenters. The van der Waals surface area contributed by atoms with Crippen LogP contribution in [-0.2, 0) is 6.42 Å². The maximum atomic E-state index is 4.63. The number of hydrogen-bond donors (Lipinski definition) is 0. The maximum absolute atomic E-state index is 4.63. The molecule has 0 amide bonds. The summed E-state index contributed by atoms with van der Waals surface area (Å²) >= 11 is 0. The Bertz CT molecular complexity index is 303. The third-order valence-electron chi connectivity index (χ3n) is 2.36. The third-order valence-corrected chi connectivity index (χ3v) is 2.36. The highest BCUT2D eigenvalue weighted by Gasteiger charge is 2.10. The Labute approximate surface area is 86.8 Å². The van der Waals surface area contributed by atoms with Crippen LogP contribution in [0.2, 0.25) is 0 Å². The molecule has 2 nitrogen and oxygen atoms in total. The minimum atomic E-state index is 0.415. The van der Waals surface area contributed by atoms with Gasteiger partial charge >= 0.3 is 0 Å². The van der Waals surface area contributed by atoms with E-state index in [1.54, 1.807) is 0 Å². The summed E-state index contributed by atoms with van der Waals surface area (Å²) in [6.07, 6.45) is 3.00. The van der Waals surface area contributed by atoms with Gasteiger partial charge in [0, 0.05) is 17.8 Å². The van der Waals surface area contributed by atoms with Gasteiger partial charge in [-0.3, -0.25) is 0 Å². The summed E-state index contributed by atoms with van der Waals surface area (Å²) in [6, 6.07) is 0. The lowest BCUT2D eigenvalue weighted by molar-refractivity contribution is 0.715. The van der Waals surface area contributed by atoms with Gasteiger partial charge in [0.2, 0.25) is 0 Å². The first-order valence-corrected chi connectivity index (χ1v) is 5.42. The van der Waals surface area contributed by atoms with E-state index in [1.165, 1.54) is 11.3 Å². The summed E-state index contributed by atoms with van der Waals surface area (Å²) in [4.78, 5) is 9.01. The van der Waals surface area contributed by atoms with Crippen LogP contribution in [0.25, 0.3) is 0 Å². The second-order valence-electron chi connectivity index (χ2n) is 4.30. The lowest BCUT2D eigenvalue weighted by Gasteiger charge is -2.12. The number of rotatable bonds is 3. The van der Waals surface area contributed by atoms with Crippen molar-refractivity contribution in [1.29, 1.82) is 0 Å². The minimum Gasteiger partial charge on any atom is -0.241 e. The minimum absolute atomic E-state index is 0.415. The molecule has 0 radical (unpaired) electrons. The van der Waals surface area contributed by atoms with Crippen molar-refractivity contribution >= 4 is 0 Å². The highest BCUT2D eigenvalue weighted by Crippen LogP contribution is 2.19. The topological polar surface area (TPSA) is 25.8 Å². The fourth-order valence-electron chi connectivity index (χ4n) is 1.48. The molecule has 0 aliphatic carbocycles. The largest absolute Gasteiger partial charge is 0.241 e. The molecule has 1 heterocycles. The Kier molecular flexibility index (Phi) is 3.62. The summed E-state index contributed by atoms with van der Waals surface area (Å²) in [5.41, 5.74) is 2.50. The van der Waals surface area contributed by atoms with Gasteiger partial charge in [0.1, 0.15) is 5.82 Å². The van der Waals surface area contributed by atoms with E-state index in [0.717, 1.165) is 12.2 Å². The zero-order chi connectivity index (χ0) is 10.7. The summed E-state index contributed by atoms with van der Waals surface area (Å²) in [5, 5.41) is 0. The van der Waals surface area contributed by atoms with Crippen molar-refractivity contribution in [2.45, 2.75) is 52.9 Å². The number of hydrogen-bond acceptors (Lipinski definition) is 2. The van der Waals surface area contributed by atoms with E-state index < -0.39 is 0 Å². The summed E-state index contributed by atoms with van der Waals surface area (Å²) in [7, 11) is 0. The van der Waals surface area contributed by atoms with Gasteiger partial charge in [-0.15, -0.1) is 0 Å². The summed E-state index contributed by atoms with van der Waals surface area (Å²) in [6.45, 7) is 10.8. The average Bonchev–Trinajstić information content (AvgIpc) is 2.16. The highest BCUT2D eigenvalue weighted by molar-refractivity contribution is 5.21. The number of aromatic nitrogens is 2. The van der Waals surface area contributed by atoms with Crippen LogP contribution in [0.5, 0.6) is 0 Å². The van der Waals surface area contributed by atoms with E-state index in [4.69, 9.17) is 0 Å². The Morgan fingerprint density at radius 2 is 1.79 bits per heavy atom. The quantitative estimate of drug-likeness (QED) is 0.734. The molecule has 14 heavy (non-hydrogen) atoms. The van der Waals surface area contributed by atoms with Crippen molar-refractivity contribution in [3.8, 4) is 0 Å². The Morgan fingerprint density at radius 1 is 1.14 bits per heavy atom. The number of nitrogens with zero attached hydrogens (tertiary/aromatic N) is 2. The third kappa shape index (κ3) is 2.31. The van der Waals surface area contributed by atoms with Crippen molar-refractivity contribution in [3.05, 3.63) is 23.3 Å². The molecular weight excluding hydrogens is 172 g/mol. The van der Waals surface area contributed by atoms with E-state index in [-0.39, 0.29) is 0 Å². The van der Waals surface area contributed by atoms with E-state index in [9.17, 15) is 0 Å². The molecule has 2 heteroatoms. The van der Waals surface area contributed by atoms with E-state index in [2.05, 4.69) is 44.6 Å². The van der Waals surface area contributed by atoms with E-state index in [0.29, 0.717) is 11.8 Å². The molecule has 1 rings (SSSR count). The van der Waals surface area contributed by atoms with Gasteiger partial charge in [0.05, 0.1) is 0 Å². The van der Waals surface area contributed by atoms with Crippen molar-refractivity contribution in [1.82, 2.24) is 9.97 Å². The van der Waals surface area contributed by atoms with Gasteiger partial charge in [-0.2, -0.15) is 0 Å². The van der Waals surface area contributed by atoms with E-state index >= 15 is 0 Å². The predicted molar refractivity (Wildman–Crippen MR) is 59.6 cm³/mol. The maximum Gasteiger partial charge on any atom is 0.131 e. The monoisotopic (exact) mass is 192 g/mol. The summed E-state index contributed by atoms with van der Waals surface area (Å²) in [5.74, 6) is 1.87.